The Balaban J connectivity index is 1.77. The number of aryl methyl sites for hydroxylation is 1. The van der Waals surface area contributed by atoms with E-state index in [2.05, 4.69) is 22.0 Å². The number of fused-ring (bicyclic) bond motifs is 1. The van der Waals surface area contributed by atoms with Crippen LogP contribution in [0.1, 0.15) is 48.8 Å². The summed E-state index contributed by atoms with van der Waals surface area (Å²) >= 11 is 0. The molecule has 0 unspecified atom stereocenters. The first-order valence-corrected chi connectivity index (χ1v) is 8.75. The Morgan fingerprint density at radius 1 is 1.42 bits per heavy atom. The molecule has 1 aromatic heterocycles. The molecule has 24 heavy (non-hydrogen) atoms. The molecule has 3 heterocycles. The number of hydrogen-bond donors (Lipinski definition) is 2. The molecule has 7 nitrogen and oxygen atoms in total. The van der Waals surface area contributed by atoms with Crippen LogP contribution in [0.5, 0.6) is 0 Å². The first-order chi connectivity index (χ1) is 11.5. The van der Waals surface area contributed by atoms with Crippen LogP contribution in [0.3, 0.4) is 0 Å². The van der Waals surface area contributed by atoms with Crippen LogP contribution in [0.4, 0.5) is 0 Å². The van der Waals surface area contributed by atoms with Gasteiger partial charge in [0.25, 0.3) is 5.91 Å². The predicted molar refractivity (Wildman–Crippen MR) is 88.8 cm³/mol. The normalized spacial score (nSPS) is 27.8. The first-order valence-electron chi connectivity index (χ1n) is 8.75. The second kappa shape index (κ2) is 6.55. The smallest absolute Gasteiger partial charge is 0.311 e. The van der Waals surface area contributed by atoms with E-state index in [4.69, 9.17) is 0 Å². The SMILES string of the molecule is CCCc1cc(C(=O)N2CC[C@@]3(C(=O)O)CCCN(C)[C@H]3C2)n[nH]1. The number of nitrogens with one attached hydrogen (secondary N) is 1. The van der Waals surface area contributed by atoms with Crippen LogP contribution in [0.25, 0.3) is 0 Å². The number of H-pyrrole nitrogens is 1. The van der Waals surface area contributed by atoms with Gasteiger partial charge in [0.2, 0.25) is 0 Å². The lowest BCUT2D eigenvalue weighted by Crippen LogP contribution is -2.63. The van der Waals surface area contributed by atoms with Crippen molar-refractivity contribution in [1.82, 2.24) is 20.0 Å². The minimum atomic E-state index is -0.726. The van der Waals surface area contributed by atoms with E-state index in [-0.39, 0.29) is 11.9 Å². The predicted octanol–water partition coefficient (Wildman–Crippen LogP) is 1.37. The standard InChI is InChI=1S/C17H26N4O3/c1-3-5-12-10-13(19-18-12)15(22)21-9-7-17(16(23)24)6-4-8-20(2)14(17)11-21/h10,14H,3-9,11H2,1-2H3,(H,18,19)(H,23,24)/t14-,17-/m0/s1. The quantitative estimate of drug-likeness (QED) is 0.868. The van der Waals surface area contributed by atoms with Crippen molar-refractivity contribution in [2.24, 2.45) is 5.41 Å². The number of carbonyl (C=O) groups excluding carboxylic acids is 1. The van der Waals surface area contributed by atoms with Crippen LogP contribution in [-0.4, -0.2) is 69.7 Å². The Labute approximate surface area is 142 Å². The second-order valence-electron chi connectivity index (χ2n) is 7.09. The third kappa shape index (κ3) is 2.81. The number of likely N-dealkylation sites (N-methyl/N-ethyl adjacent to an activating group) is 1. The lowest BCUT2D eigenvalue weighted by atomic mass is 9.68. The fourth-order valence-electron chi connectivity index (χ4n) is 4.20. The van der Waals surface area contributed by atoms with Crippen molar-refractivity contribution in [2.75, 3.05) is 26.7 Å². The Hall–Kier alpha value is -1.89. The molecule has 2 fully saturated rings. The number of hydrogen-bond acceptors (Lipinski definition) is 4. The number of aromatic nitrogens is 2. The van der Waals surface area contributed by atoms with Gasteiger partial charge in [-0.15, -0.1) is 0 Å². The van der Waals surface area contributed by atoms with Crippen LogP contribution < -0.4 is 0 Å². The van der Waals surface area contributed by atoms with Crippen LogP contribution >= 0.6 is 0 Å². The Morgan fingerprint density at radius 2 is 2.21 bits per heavy atom. The van der Waals surface area contributed by atoms with E-state index in [1.165, 1.54) is 0 Å². The van der Waals surface area contributed by atoms with E-state index in [0.29, 0.717) is 31.6 Å². The molecule has 1 aromatic rings. The average molecular weight is 334 g/mol. The molecule has 0 aliphatic carbocycles. The van der Waals surface area contributed by atoms with E-state index in [9.17, 15) is 14.7 Å². The average Bonchev–Trinajstić information content (AvgIpc) is 3.03. The number of amides is 1. The molecule has 3 rings (SSSR count). The highest BCUT2D eigenvalue weighted by Crippen LogP contribution is 2.42. The zero-order valence-corrected chi connectivity index (χ0v) is 14.4. The molecule has 0 aromatic carbocycles. The Kier molecular flexibility index (Phi) is 4.62. The van der Waals surface area contributed by atoms with Crippen molar-refractivity contribution in [3.63, 3.8) is 0 Å². The van der Waals surface area contributed by atoms with E-state index in [1.807, 2.05) is 13.1 Å². The first kappa shape index (κ1) is 17.0. The topological polar surface area (TPSA) is 89.5 Å². The molecule has 0 saturated carbocycles. The minimum Gasteiger partial charge on any atom is -0.481 e. The molecule has 2 aliphatic heterocycles. The summed E-state index contributed by atoms with van der Waals surface area (Å²) in [5, 5.41) is 16.9. The van der Waals surface area contributed by atoms with E-state index >= 15 is 0 Å². The number of likely N-dealkylation sites (tertiary alicyclic amines) is 2. The van der Waals surface area contributed by atoms with Crippen LogP contribution in [0, 0.1) is 5.41 Å². The summed E-state index contributed by atoms with van der Waals surface area (Å²) in [6.07, 6.45) is 3.96. The number of carbonyl (C=O) groups is 2. The van der Waals surface area contributed by atoms with Gasteiger partial charge < -0.3 is 14.9 Å². The molecule has 0 spiro atoms. The number of nitrogens with zero attached hydrogens (tertiary/aromatic N) is 3. The molecular formula is C17H26N4O3. The van der Waals surface area contributed by atoms with Gasteiger partial charge in [0.15, 0.2) is 0 Å². The highest BCUT2D eigenvalue weighted by atomic mass is 16.4. The van der Waals surface area contributed by atoms with Crippen LogP contribution in [0.15, 0.2) is 6.07 Å². The number of piperidine rings is 2. The summed E-state index contributed by atoms with van der Waals surface area (Å²) in [7, 11) is 1.96. The van der Waals surface area contributed by atoms with Gasteiger partial charge in [-0.2, -0.15) is 5.10 Å². The van der Waals surface area contributed by atoms with Gasteiger partial charge in [0.1, 0.15) is 5.69 Å². The van der Waals surface area contributed by atoms with Crippen molar-refractivity contribution in [1.29, 1.82) is 0 Å². The summed E-state index contributed by atoms with van der Waals surface area (Å²) in [4.78, 5) is 28.5. The van der Waals surface area contributed by atoms with Gasteiger partial charge in [0.05, 0.1) is 5.41 Å². The van der Waals surface area contributed by atoms with E-state index in [1.54, 1.807) is 4.90 Å². The maximum absolute atomic E-state index is 12.8. The van der Waals surface area contributed by atoms with Gasteiger partial charge in [0, 0.05) is 24.8 Å². The van der Waals surface area contributed by atoms with Crippen LogP contribution in [0.2, 0.25) is 0 Å². The molecule has 0 radical (unpaired) electrons. The summed E-state index contributed by atoms with van der Waals surface area (Å²) in [5.74, 6) is -0.831. The van der Waals surface area contributed by atoms with Crippen LogP contribution in [-0.2, 0) is 11.2 Å². The molecule has 1 amide bonds. The fourth-order valence-corrected chi connectivity index (χ4v) is 4.20. The van der Waals surface area contributed by atoms with Gasteiger partial charge in [-0.25, -0.2) is 0 Å². The molecule has 2 N–H and O–H groups in total. The molecule has 0 bridgehead atoms. The number of aromatic amines is 1. The highest BCUT2D eigenvalue weighted by Gasteiger charge is 2.52. The molecule has 2 saturated heterocycles. The maximum Gasteiger partial charge on any atom is 0.311 e. The van der Waals surface area contributed by atoms with E-state index < -0.39 is 11.4 Å². The fraction of sp³-hybridized carbons (Fsp3) is 0.706. The number of carboxylic acids is 1. The summed E-state index contributed by atoms with van der Waals surface area (Å²) in [6.45, 7) is 3.89. The summed E-state index contributed by atoms with van der Waals surface area (Å²) in [5.41, 5.74) is 0.676. The number of carboxylic acid groups (broad SMARTS) is 1. The Morgan fingerprint density at radius 3 is 2.92 bits per heavy atom. The maximum atomic E-state index is 12.8. The van der Waals surface area contributed by atoms with Crippen molar-refractivity contribution >= 4 is 11.9 Å². The van der Waals surface area contributed by atoms with Crippen molar-refractivity contribution in [2.45, 2.75) is 45.1 Å². The lowest BCUT2D eigenvalue weighted by molar-refractivity contribution is -0.161. The highest BCUT2D eigenvalue weighted by molar-refractivity contribution is 5.92. The minimum absolute atomic E-state index is 0.105. The third-order valence-electron chi connectivity index (χ3n) is 5.61. The van der Waals surface area contributed by atoms with Gasteiger partial charge >= 0.3 is 5.97 Å². The number of rotatable bonds is 4. The second-order valence-corrected chi connectivity index (χ2v) is 7.09. The molecule has 132 valence electrons. The van der Waals surface area contributed by atoms with Crippen molar-refractivity contribution in [3.8, 4) is 0 Å². The molecular weight excluding hydrogens is 308 g/mol. The zero-order valence-electron chi connectivity index (χ0n) is 14.4. The van der Waals surface area contributed by atoms with E-state index in [0.717, 1.165) is 31.5 Å². The lowest BCUT2D eigenvalue weighted by Gasteiger charge is -2.51. The monoisotopic (exact) mass is 334 g/mol. The van der Waals surface area contributed by atoms with Gasteiger partial charge in [-0.05, 0) is 45.3 Å². The molecule has 2 aliphatic rings. The molecule has 7 heteroatoms. The van der Waals surface area contributed by atoms with Crippen molar-refractivity contribution < 1.29 is 14.7 Å². The molecule has 2 atom stereocenters. The van der Waals surface area contributed by atoms with Crippen molar-refractivity contribution in [3.05, 3.63) is 17.5 Å². The summed E-state index contributed by atoms with van der Waals surface area (Å²) in [6, 6.07) is 1.69. The number of aliphatic carboxylic acids is 1. The van der Waals surface area contributed by atoms with Gasteiger partial charge in [-0.3, -0.25) is 14.7 Å². The largest absolute Gasteiger partial charge is 0.481 e. The third-order valence-corrected chi connectivity index (χ3v) is 5.61. The summed E-state index contributed by atoms with van der Waals surface area (Å²) < 4.78 is 0. The zero-order chi connectivity index (χ0) is 17.3. The van der Waals surface area contributed by atoms with Gasteiger partial charge in [-0.1, -0.05) is 13.3 Å². The Bertz CT molecular complexity index is 629.